The fourth-order valence-corrected chi connectivity index (χ4v) is 2.94. The maximum absolute atomic E-state index is 11.9. The van der Waals surface area contributed by atoms with Crippen LogP contribution in [-0.2, 0) is 0 Å². The van der Waals surface area contributed by atoms with Gasteiger partial charge in [-0.25, -0.2) is 0 Å². The summed E-state index contributed by atoms with van der Waals surface area (Å²) < 4.78 is 0. The lowest BCUT2D eigenvalue weighted by Gasteiger charge is -2.12. The van der Waals surface area contributed by atoms with Gasteiger partial charge in [0.25, 0.3) is 5.91 Å². The van der Waals surface area contributed by atoms with Crippen molar-refractivity contribution < 1.29 is 4.79 Å². The van der Waals surface area contributed by atoms with E-state index in [0.717, 1.165) is 17.3 Å². The molecule has 0 aliphatic carbocycles. The Morgan fingerprint density at radius 3 is 2.54 bits per heavy atom. The number of aromatic nitrogens is 1. The van der Waals surface area contributed by atoms with Gasteiger partial charge in [-0.1, -0.05) is 11.6 Å². The number of carbonyl (C=O) groups excluding carboxylic acids is 1. The Bertz CT molecular complexity index is 709. The predicted octanol–water partition coefficient (Wildman–Crippen LogP) is 2.42. The number of hydrogen-bond donors (Lipinski definition) is 3. The lowest BCUT2D eigenvalue weighted by molar-refractivity contribution is 0.0954. The van der Waals surface area contributed by atoms with Crippen LogP contribution in [0.2, 0.25) is 5.02 Å². The van der Waals surface area contributed by atoms with Gasteiger partial charge in [0, 0.05) is 54.7 Å². The molecule has 0 aliphatic rings. The van der Waals surface area contributed by atoms with E-state index in [1.807, 2.05) is 24.3 Å². The van der Waals surface area contributed by atoms with Crippen LogP contribution in [0, 0.1) is 0 Å². The van der Waals surface area contributed by atoms with E-state index in [9.17, 15) is 4.79 Å². The molecule has 8 heteroatoms. The van der Waals surface area contributed by atoms with Crippen molar-refractivity contribution in [3.05, 3.63) is 59.4 Å². The number of carbonyl (C=O) groups is 1. The number of benzene rings is 1. The summed E-state index contributed by atoms with van der Waals surface area (Å²) in [7, 11) is 1.72. The van der Waals surface area contributed by atoms with Crippen LogP contribution in [0.1, 0.15) is 10.4 Å². The molecule has 0 fully saturated rings. The number of hydrogen-bond acceptors (Lipinski definition) is 4. The SMILES string of the molecule is CN=C(NCCNC(=O)c1cccnc1)NCCSc1ccc(Cl)cc1. The molecule has 2 aromatic rings. The Kier molecular flexibility index (Phi) is 8.78. The quantitative estimate of drug-likeness (QED) is 0.279. The van der Waals surface area contributed by atoms with Gasteiger partial charge >= 0.3 is 0 Å². The van der Waals surface area contributed by atoms with Crippen molar-refractivity contribution in [2.75, 3.05) is 32.4 Å². The molecule has 138 valence electrons. The van der Waals surface area contributed by atoms with Gasteiger partial charge in [-0.3, -0.25) is 14.8 Å². The minimum atomic E-state index is -0.137. The molecule has 0 saturated heterocycles. The fourth-order valence-electron chi connectivity index (χ4n) is 2.05. The molecule has 1 aromatic heterocycles. The van der Waals surface area contributed by atoms with Crippen molar-refractivity contribution in [1.82, 2.24) is 20.9 Å². The number of guanidine groups is 1. The molecule has 6 nitrogen and oxygen atoms in total. The van der Waals surface area contributed by atoms with Crippen LogP contribution < -0.4 is 16.0 Å². The first kappa shape index (κ1) is 20.1. The van der Waals surface area contributed by atoms with Crippen molar-refractivity contribution in [1.29, 1.82) is 0 Å². The number of rotatable bonds is 8. The highest BCUT2D eigenvalue weighted by molar-refractivity contribution is 7.99. The first-order valence-corrected chi connectivity index (χ1v) is 9.56. The zero-order valence-corrected chi connectivity index (χ0v) is 16.1. The van der Waals surface area contributed by atoms with Gasteiger partial charge in [-0.05, 0) is 36.4 Å². The summed E-state index contributed by atoms with van der Waals surface area (Å²) in [5.41, 5.74) is 0.550. The third kappa shape index (κ3) is 7.33. The van der Waals surface area contributed by atoms with E-state index in [1.165, 1.54) is 4.90 Å². The van der Waals surface area contributed by atoms with E-state index in [-0.39, 0.29) is 5.91 Å². The molecule has 0 radical (unpaired) electrons. The van der Waals surface area contributed by atoms with Crippen LogP contribution >= 0.6 is 23.4 Å². The van der Waals surface area contributed by atoms with Gasteiger partial charge in [0.05, 0.1) is 5.56 Å². The molecular weight excluding hydrogens is 370 g/mol. The van der Waals surface area contributed by atoms with Gasteiger partial charge in [0.2, 0.25) is 0 Å². The molecule has 2 rings (SSSR count). The standard InChI is InChI=1S/C18H22ClN5OS/c1-20-18(24-11-12-26-16-6-4-15(19)5-7-16)23-10-9-22-17(25)14-3-2-8-21-13-14/h2-8,13H,9-12H2,1H3,(H,22,25)(H2,20,23,24). The van der Waals surface area contributed by atoms with Gasteiger partial charge in [0.15, 0.2) is 5.96 Å². The Morgan fingerprint density at radius 2 is 1.85 bits per heavy atom. The van der Waals surface area contributed by atoms with Crippen molar-refractivity contribution in [2.24, 2.45) is 4.99 Å². The topological polar surface area (TPSA) is 78.4 Å². The highest BCUT2D eigenvalue weighted by Gasteiger charge is 2.04. The van der Waals surface area contributed by atoms with Gasteiger partial charge in [-0.2, -0.15) is 0 Å². The molecule has 1 amide bonds. The minimum absolute atomic E-state index is 0.137. The van der Waals surface area contributed by atoms with Gasteiger partial charge < -0.3 is 16.0 Å². The summed E-state index contributed by atoms with van der Waals surface area (Å²) in [6.45, 7) is 1.85. The number of nitrogens with one attached hydrogen (secondary N) is 3. The molecular formula is C18H22ClN5OS. The van der Waals surface area contributed by atoms with Crippen molar-refractivity contribution >= 4 is 35.2 Å². The van der Waals surface area contributed by atoms with Crippen LogP contribution in [0.3, 0.4) is 0 Å². The molecule has 0 bridgehead atoms. The van der Waals surface area contributed by atoms with Crippen molar-refractivity contribution in [2.45, 2.75) is 4.90 Å². The summed E-state index contributed by atoms with van der Waals surface area (Å²) in [5, 5.41) is 9.98. The Labute approximate surface area is 162 Å². The largest absolute Gasteiger partial charge is 0.356 e. The molecule has 0 aliphatic heterocycles. The van der Waals surface area contributed by atoms with Gasteiger partial charge in [-0.15, -0.1) is 11.8 Å². The predicted molar refractivity (Wildman–Crippen MR) is 108 cm³/mol. The maximum Gasteiger partial charge on any atom is 0.252 e. The minimum Gasteiger partial charge on any atom is -0.356 e. The van der Waals surface area contributed by atoms with Crippen molar-refractivity contribution in [3.8, 4) is 0 Å². The van der Waals surface area contributed by atoms with Crippen LogP contribution in [-0.4, -0.2) is 49.3 Å². The van der Waals surface area contributed by atoms with Crippen LogP contribution in [0.15, 0.2) is 58.7 Å². The summed E-state index contributed by atoms with van der Waals surface area (Å²) in [6.07, 6.45) is 3.18. The molecule has 26 heavy (non-hydrogen) atoms. The van der Waals surface area contributed by atoms with E-state index >= 15 is 0 Å². The average Bonchev–Trinajstić information content (AvgIpc) is 2.68. The molecule has 0 saturated carbocycles. The number of halogens is 1. The van der Waals surface area contributed by atoms with Gasteiger partial charge in [0.1, 0.15) is 0 Å². The zero-order valence-electron chi connectivity index (χ0n) is 14.5. The lowest BCUT2D eigenvalue weighted by Crippen LogP contribution is -2.42. The summed E-state index contributed by atoms with van der Waals surface area (Å²) in [5.74, 6) is 1.47. The molecule has 0 unspecified atom stereocenters. The summed E-state index contributed by atoms with van der Waals surface area (Å²) in [4.78, 5) is 21.2. The fraction of sp³-hybridized carbons (Fsp3) is 0.278. The third-order valence-electron chi connectivity index (χ3n) is 3.33. The van der Waals surface area contributed by atoms with E-state index in [1.54, 1.807) is 43.3 Å². The number of pyridine rings is 1. The second-order valence-corrected chi connectivity index (χ2v) is 6.83. The number of amides is 1. The highest BCUT2D eigenvalue weighted by atomic mass is 35.5. The molecule has 1 aromatic carbocycles. The number of aliphatic imine (C=N–C) groups is 1. The summed E-state index contributed by atoms with van der Waals surface area (Å²) in [6, 6.07) is 11.3. The zero-order chi connectivity index (χ0) is 18.6. The van der Waals surface area contributed by atoms with E-state index < -0.39 is 0 Å². The second kappa shape index (κ2) is 11.4. The van der Waals surface area contributed by atoms with E-state index in [2.05, 4.69) is 25.9 Å². The van der Waals surface area contributed by atoms with Crippen LogP contribution in [0.4, 0.5) is 0 Å². The third-order valence-corrected chi connectivity index (χ3v) is 4.59. The van der Waals surface area contributed by atoms with E-state index in [0.29, 0.717) is 24.6 Å². The first-order chi connectivity index (χ1) is 12.7. The first-order valence-electron chi connectivity index (χ1n) is 8.20. The summed E-state index contributed by atoms with van der Waals surface area (Å²) >= 11 is 7.62. The maximum atomic E-state index is 11.9. The normalized spacial score (nSPS) is 11.1. The lowest BCUT2D eigenvalue weighted by atomic mass is 10.3. The molecule has 0 atom stereocenters. The number of thioether (sulfide) groups is 1. The molecule has 1 heterocycles. The van der Waals surface area contributed by atoms with E-state index in [4.69, 9.17) is 11.6 Å². The number of nitrogens with zero attached hydrogens (tertiary/aromatic N) is 2. The van der Waals surface area contributed by atoms with Crippen molar-refractivity contribution in [3.63, 3.8) is 0 Å². The second-order valence-electron chi connectivity index (χ2n) is 5.23. The van der Waals surface area contributed by atoms with Crippen LogP contribution in [0.25, 0.3) is 0 Å². The smallest absolute Gasteiger partial charge is 0.252 e. The van der Waals surface area contributed by atoms with Crippen LogP contribution in [0.5, 0.6) is 0 Å². The Morgan fingerprint density at radius 1 is 1.12 bits per heavy atom. The monoisotopic (exact) mass is 391 g/mol. The average molecular weight is 392 g/mol. The molecule has 0 spiro atoms. The Hall–Kier alpha value is -2.25. The Balaban J connectivity index is 1.59. The molecule has 3 N–H and O–H groups in total. The highest BCUT2D eigenvalue weighted by Crippen LogP contribution is 2.19.